The van der Waals surface area contributed by atoms with Crippen molar-refractivity contribution in [3.63, 3.8) is 0 Å². The Bertz CT molecular complexity index is 136. The summed E-state index contributed by atoms with van der Waals surface area (Å²) in [5, 5.41) is 8.93. The van der Waals surface area contributed by atoms with Crippen LogP contribution in [0.4, 0.5) is 0 Å². The molecule has 11 heavy (non-hydrogen) atoms. The molecule has 0 spiro atoms. The van der Waals surface area contributed by atoms with Crippen molar-refractivity contribution in [2.24, 2.45) is 5.92 Å². The molecule has 0 aromatic heterocycles. The van der Waals surface area contributed by atoms with Crippen LogP contribution in [0.3, 0.4) is 0 Å². The van der Waals surface area contributed by atoms with Gasteiger partial charge in [-0.2, -0.15) is 0 Å². The lowest BCUT2D eigenvalue weighted by molar-refractivity contribution is 0.388. The minimum atomic E-state index is 0.693. The molecule has 0 saturated heterocycles. The summed E-state index contributed by atoms with van der Waals surface area (Å²) in [5.41, 5.74) is 1.29. The second kappa shape index (κ2) is 4.42. The van der Waals surface area contributed by atoms with Crippen molar-refractivity contribution in [2.45, 2.75) is 45.4 Å². The summed E-state index contributed by atoms with van der Waals surface area (Å²) in [6, 6.07) is 0. The largest absolute Gasteiger partial charge is 0.516 e. The molecular weight excluding hydrogens is 136 g/mol. The molecule has 0 amide bonds. The molecule has 0 aromatic carbocycles. The maximum absolute atomic E-state index is 8.93. The van der Waals surface area contributed by atoms with Gasteiger partial charge in [0.25, 0.3) is 0 Å². The van der Waals surface area contributed by atoms with E-state index in [1.165, 1.54) is 43.9 Å². The number of allylic oxidation sites excluding steroid dienone is 1. The lowest BCUT2D eigenvalue weighted by atomic mass is 9.82. The fraction of sp³-hybridized carbons (Fsp3) is 0.800. The zero-order valence-electron chi connectivity index (χ0n) is 7.34. The minimum Gasteiger partial charge on any atom is -0.516 e. The van der Waals surface area contributed by atoms with E-state index in [1.54, 1.807) is 0 Å². The summed E-state index contributed by atoms with van der Waals surface area (Å²) in [6.45, 7) is 2.21. The van der Waals surface area contributed by atoms with E-state index in [9.17, 15) is 0 Å². The summed E-state index contributed by atoms with van der Waals surface area (Å²) >= 11 is 0. The van der Waals surface area contributed by atoms with Gasteiger partial charge in [-0.1, -0.05) is 19.8 Å². The minimum absolute atomic E-state index is 0.693. The highest BCUT2D eigenvalue weighted by molar-refractivity contribution is 5.05. The molecule has 1 fully saturated rings. The topological polar surface area (TPSA) is 20.2 Å². The molecule has 0 aliphatic heterocycles. The van der Waals surface area contributed by atoms with Crippen LogP contribution in [0.1, 0.15) is 45.4 Å². The molecule has 1 saturated carbocycles. The van der Waals surface area contributed by atoms with Gasteiger partial charge < -0.3 is 5.11 Å². The molecular formula is C10H18O. The van der Waals surface area contributed by atoms with Gasteiger partial charge in [0, 0.05) is 0 Å². The van der Waals surface area contributed by atoms with Crippen LogP contribution in [0, 0.1) is 5.92 Å². The van der Waals surface area contributed by atoms with Crippen molar-refractivity contribution in [1.29, 1.82) is 0 Å². The standard InChI is InChI=1S/C10H18O/c1-2-5-9-6-3-4-7-10(9)8-11/h8-9,11H,2-7H2,1H3/b10-8-. The molecule has 0 bridgehead atoms. The van der Waals surface area contributed by atoms with E-state index in [4.69, 9.17) is 5.11 Å². The Balaban J connectivity index is 2.45. The Morgan fingerprint density at radius 1 is 1.55 bits per heavy atom. The third-order valence-electron chi connectivity index (χ3n) is 2.60. The lowest BCUT2D eigenvalue weighted by Crippen LogP contribution is -2.09. The van der Waals surface area contributed by atoms with Crippen molar-refractivity contribution in [1.82, 2.24) is 0 Å². The van der Waals surface area contributed by atoms with Crippen molar-refractivity contribution in [2.75, 3.05) is 0 Å². The van der Waals surface area contributed by atoms with Gasteiger partial charge in [-0.3, -0.25) is 0 Å². The number of hydrogen-bond acceptors (Lipinski definition) is 1. The Morgan fingerprint density at radius 3 is 3.00 bits per heavy atom. The van der Waals surface area contributed by atoms with Crippen LogP contribution in [0.15, 0.2) is 11.8 Å². The Kier molecular flexibility index (Phi) is 3.47. The average Bonchev–Trinajstić information content (AvgIpc) is 2.06. The van der Waals surface area contributed by atoms with E-state index < -0.39 is 0 Å². The molecule has 1 N–H and O–H groups in total. The highest BCUT2D eigenvalue weighted by Crippen LogP contribution is 2.31. The lowest BCUT2D eigenvalue weighted by Gasteiger charge is -2.23. The highest BCUT2D eigenvalue weighted by Gasteiger charge is 2.17. The van der Waals surface area contributed by atoms with Gasteiger partial charge in [0.2, 0.25) is 0 Å². The van der Waals surface area contributed by atoms with Gasteiger partial charge in [-0.05, 0) is 37.2 Å². The fourth-order valence-electron chi connectivity index (χ4n) is 1.96. The monoisotopic (exact) mass is 154 g/mol. The highest BCUT2D eigenvalue weighted by atomic mass is 16.2. The summed E-state index contributed by atoms with van der Waals surface area (Å²) in [7, 11) is 0. The van der Waals surface area contributed by atoms with Gasteiger partial charge >= 0.3 is 0 Å². The van der Waals surface area contributed by atoms with Crippen LogP contribution in [-0.2, 0) is 0 Å². The summed E-state index contributed by atoms with van der Waals surface area (Å²) in [6.07, 6.45) is 8.88. The first-order chi connectivity index (χ1) is 5.38. The first-order valence-electron chi connectivity index (χ1n) is 4.71. The normalized spacial score (nSPS) is 29.2. The summed E-state index contributed by atoms with van der Waals surface area (Å²) < 4.78 is 0. The summed E-state index contributed by atoms with van der Waals surface area (Å²) in [5.74, 6) is 0.693. The molecule has 0 heterocycles. The number of rotatable bonds is 2. The van der Waals surface area contributed by atoms with Crippen LogP contribution in [0.25, 0.3) is 0 Å². The number of aliphatic hydroxyl groups excluding tert-OH is 1. The van der Waals surface area contributed by atoms with E-state index in [0.29, 0.717) is 5.92 Å². The van der Waals surface area contributed by atoms with Gasteiger partial charge in [0.15, 0.2) is 0 Å². The zero-order chi connectivity index (χ0) is 8.10. The molecule has 1 aliphatic carbocycles. The van der Waals surface area contributed by atoms with Gasteiger partial charge in [-0.25, -0.2) is 0 Å². The Labute approximate surface area is 69.1 Å². The van der Waals surface area contributed by atoms with E-state index in [0.717, 1.165) is 6.42 Å². The third kappa shape index (κ3) is 2.25. The molecule has 1 heteroatoms. The predicted molar refractivity (Wildman–Crippen MR) is 47.6 cm³/mol. The Morgan fingerprint density at radius 2 is 2.36 bits per heavy atom. The number of aliphatic hydroxyl groups is 1. The van der Waals surface area contributed by atoms with Gasteiger partial charge in [0.1, 0.15) is 0 Å². The van der Waals surface area contributed by atoms with E-state index in [1.807, 2.05) is 0 Å². The van der Waals surface area contributed by atoms with Crippen molar-refractivity contribution >= 4 is 0 Å². The van der Waals surface area contributed by atoms with E-state index in [-0.39, 0.29) is 0 Å². The van der Waals surface area contributed by atoms with Crippen molar-refractivity contribution < 1.29 is 5.11 Å². The van der Waals surface area contributed by atoms with Crippen LogP contribution in [0.5, 0.6) is 0 Å². The van der Waals surface area contributed by atoms with Crippen molar-refractivity contribution in [3.05, 3.63) is 11.8 Å². The quantitative estimate of drug-likeness (QED) is 0.604. The predicted octanol–water partition coefficient (Wildman–Crippen LogP) is 3.42. The molecule has 0 radical (unpaired) electrons. The fourth-order valence-corrected chi connectivity index (χ4v) is 1.96. The molecule has 1 unspecified atom stereocenters. The second-order valence-electron chi connectivity index (χ2n) is 3.44. The van der Waals surface area contributed by atoms with Crippen LogP contribution in [-0.4, -0.2) is 5.11 Å². The van der Waals surface area contributed by atoms with Crippen LogP contribution < -0.4 is 0 Å². The first-order valence-corrected chi connectivity index (χ1v) is 4.71. The van der Waals surface area contributed by atoms with Gasteiger partial charge in [0.05, 0.1) is 6.26 Å². The van der Waals surface area contributed by atoms with E-state index >= 15 is 0 Å². The molecule has 0 aromatic rings. The number of hydrogen-bond donors (Lipinski definition) is 1. The van der Waals surface area contributed by atoms with Gasteiger partial charge in [-0.15, -0.1) is 0 Å². The van der Waals surface area contributed by atoms with Crippen LogP contribution in [0.2, 0.25) is 0 Å². The molecule has 64 valence electrons. The molecule has 1 atom stereocenters. The maximum atomic E-state index is 8.93. The Hall–Kier alpha value is -0.460. The third-order valence-corrected chi connectivity index (χ3v) is 2.60. The maximum Gasteiger partial charge on any atom is 0.0786 e. The summed E-state index contributed by atoms with van der Waals surface area (Å²) in [4.78, 5) is 0. The molecule has 1 rings (SSSR count). The zero-order valence-corrected chi connectivity index (χ0v) is 7.34. The van der Waals surface area contributed by atoms with Crippen LogP contribution >= 0.6 is 0 Å². The molecule has 1 aliphatic rings. The second-order valence-corrected chi connectivity index (χ2v) is 3.44. The smallest absolute Gasteiger partial charge is 0.0786 e. The average molecular weight is 154 g/mol. The van der Waals surface area contributed by atoms with E-state index in [2.05, 4.69) is 6.92 Å². The molecule has 1 nitrogen and oxygen atoms in total. The SMILES string of the molecule is CCCC1CCCC/C1=C/O. The first kappa shape index (κ1) is 8.63. The van der Waals surface area contributed by atoms with Crippen molar-refractivity contribution in [3.8, 4) is 0 Å².